The van der Waals surface area contributed by atoms with Crippen LogP contribution in [0.2, 0.25) is 0 Å². The Kier molecular flexibility index (Phi) is 9.97. The highest BCUT2D eigenvalue weighted by Gasteiger charge is 2.14. The number of nitrogens with two attached hydrogens (primary N) is 1. The third-order valence-electron chi connectivity index (χ3n) is 8.16. The van der Waals surface area contributed by atoms with Crippen LogP contribution in [0.25, 0.3) is 33.9 Å². The molecule has 7 heteroatoms. The van der Waals surface area contributed by atoms with Gasteiger partial charge < -0.3 is 16.4 Å². The Balaban J connectivity index is 1.40. The molecule has 0 amide bonds. The molecule has 1 heterocycles. The van der Waals surface area contributed by atoms with Crippen molar-refractivity contribution in [2.24, 2.45) is 9.98 Å². The van der Waals surface area contributed by atoms with E-state index in [1.54, 1.807) is 7.05 Å². The van der Waals surface area contributed by atoms with Crippen LogP contribution in [-0.4, -0.2) is 42.7 Å². The summed E-state index contributed by atoms with van der Waals surface area (Å²) >= 11 is 0. The van der Waals surface area contributed by atoms with Crippen LogP contribution in [0.3, 0.4) is 0 Å². The highest BCUT2D eigenvalue weighted by atomic mass is 14.9. The minimum atomic E-state index is 0.612. The minimum Gasteiger partial charge on any atom is -0.399 e. The molecule has 1 aromatic heterocycles. The summed E-state index contributed by atoms with van der Waals surface area (Å²) in [4.78, 5) is 19.9. The lowest BCUT2D eigenvalue weighted by Crippen LogP contribution is -2.09. The van der Waals surface area contributed by atoms with Crippen molar-refractivity contribution in [2.45, 2.75) is 12.8 Å². The highest BCUT2D eigenvalue weighted by molar-refractivity contribution is 6.13. The standard InChI is InChI=1S/C41H39N7/c1-43-35-19-7-11-28(23-35)21-22-37(31-15-10-20-36(26-31)44-2)46-40(45-3)32-16-8-17-33(24-32)41-47-38(29-12-5-4-6-13-29)27-39(48-41)30-14-9-18-34(42)25-30/h4-20,23-27,43-44H,21-22,42H2,1-3H3. The molecule has 4 N–H and O–H groups in total. The Hall–Kier alpha value is -6.08. The SMILES string of the molecule is CN=C(N=C(CCc1cccc(NC)c1)c1cccc(NC)c1)c1cccc(-c2nc(-c3ccccc3)cc(-c3cccc(N)c3)n2)c1. The Bertz CT molecular complexity index is 2080. The van der Waals surface area contributed by atoms with Gasteiger partial charge in [-0.05, 0) is 72.5 Å². The number of aromatic nitrogens is 2. The normalized spacial score (nSPS) is 11.7. The van der Waals surface area contributed by atoms with Gasteiger partial charge in [0.05, 0.1) is 17.1 Å². The molecule has 48 heavy (non-hydrogen) atoms. The Morgan fingerprint density at radius 1 is 0.625 bits per heavy atom. The quantitative estimate of drug-likeness (QED) is 0.0800. The van der Waals surface area contributed by atoms with Gasteiger partial charge in [-0.15, -0.1) is 0 Å². The van der Waals surface area contributed by atoms with Gasteiger partial charge in [0.2, 0.25) is 0 Å². The molecule has 0 unspecified atom stereocenters. The predicted molar refractivity (Wildman–Crippen MR) is 202 cm³/mol. The van der Waals surface area contributed by atoms with Crippen molar-refractivity contribution in [1.82, 2.24) is 9.97 Å². The smallest absolute Gasteiger partial charge is 0.160 e. The molecular formula is C41H39N7. The van der Waals surface area contributed by atoms with E-state index in [-0.39, 0.29) is 0 Å². The van der Waals surface area contributed by atoms with E-state index in [1.807, 2.05) is 80.8 Å². The Morgan fingerprint density at radius 3 is 2.02 bits per heavy atom. The fraction of sp³-hybridized carbons (Fsp3) is 0.122. The minimum absolute atomic E-state index is 0.612. The number of aryl methyl sites for hydroxylation is 1. The second-order valence-corrected chi connectivity index (χ2v) is 11.4. The molecule has 0 spiro atoms. The summed E-state index contributed by atoms with van der Waals surface area (Å²) in [5.74, 6) is 1.25. The maximum atomic E-state index is 6.15. The summed E-state index contributed by atoms with van der Waals surface area (Å²) in [6.45, 7) is 0. The van der Waals surface area contributed by atoms with Crippen molar-refractivity contribution in [1.29, 1.82) is 0 Å². The largest absolute Gasteiger partial charge is 0.399 e. The molecule has 6 aromatic rings. The first-order valence-electron chi connectivity index (χ1n) is 16.0. The second-order valence-electron chi connectivity index (χ2n) is 11.4. The number of benzene rings is 5. The lowest BCUT2D eigenvalue weighted by Gasteiger charge is -2.12. The van der Waals surface area contributed by atoms with Crippen LogP contribution in [-0.2, 0) is 6.42 Å². The molecule has 7 nitrogen and oxygen atoms in total. The van der Waals surface area contributed by atoms with Crippen LogP contribution in [0, 0.1) is 0 Å². The number of nitrogens with zero attached hydrogens (tertiary/aromatic N) is 4. The molecule has 238 valence electrons. The fourth-order valence-corrected chi connectivity index (χ4v) is 5.61. The van der Waals surface area contributed by atoms with Crippen molar-refractivity contribution in [2.75, 3.05) is 37.5 Å². The predicted octanol–water partition coefficient (Wildman–Crippen LogP) is 8.64. The number of hydrogen-bond donors (Lipinski definition) is 3. The fourth-order valence-electron chi connectivity index (χ4n) is 5.61. The van der Waals surface area contributed by atoms with E-state index in [0.717, 1.165) is 69.1 Å². The Labute approximate surface area is 282 Å². The van der Waals surface area contributed by atoms with Gasteiger partial charge in [0.15, 0.2) is 11.7 Å². The highest BCUT2D eigenvalue weighted by Crippen LogP contribution is 2.29. The number of rotatable bonds is 10. The lowest BCUT2D eigenvalue weighted by molar-refractivity contribution is 1.04. The van der Waals surface area contributed by atoms with E-state index in [1.165, 1.54) is 5.56 Å². The third kappa shape index (κ3) is 7.65. The molecule has 0 radical (unpaired) electrons. The van der Waals surface area contributed by atoms with E-state index in [2.05, 4.69) is 82.4 Å². The van der Waals surface area contributed by atoms with Gasteiger partial charge in [0, 0.05) is 60.5 Å². The van der Waals surface area contributed by atoms with Crippen LogP contribution in [0.15, 0.2) is 143 Å². The summed E-state index contributed by atoms with van der Waals surface area (Å²) in [5, 5.41) is 6.49. The van der Waals surface area contributed by atoms with Crippen LogP contribution < -0.4 is 16.4 Å². The zero-order valence-corrected chi connectivity index (χ0v) is 27.5. The molecule has 0 atom stereocenters. The summed E-state index contributed by atoms with van der Waals surface area (Å²) in [6.07, 6.45) is 1.58. The number of hydrogen-bond acceptors (Lipinski definition) is 6. The lowest BCUT2D eigenvalue weighted by atomic mass is 10.0. The molecule has 0 bridgehead atoms. The summed E-state index contributed by atoms with van der Waals surface area (Å²) in [6, 6.07) is 44.9. The van der Waals surface area contributed by atoms with Crippen LogP contribution in [0.4, 0.5) is 17.1 Å². The van der Waals surface area contributed by atoms with Gasteiger partial charge in [0.25, 0.3) is 0 Å². The first kappa shape index (κ1) is 31.9. The van der Waals surface area contributed by atoms with E-state index < -0.39 is 0 Å². The number of anilines is 3. The number of nitrogen functional groups attached to an aromatic ring is 1. The van der Waals surface area contributed by atoms with Crippen molar-refractivity contribution < 1.29 is 0 Å². The second kappa shape index (κ2) is 15.0. The molecule has 0 saturated heterocycles. The topological polar surface area (TPSA) is 101 Å². The molecule has 5 aromatic carbocycles. The first-order valence-corrected chi connectivity index (χ1v) is 16.0. The van der Waals surface area contributed by atoms with Gasteiger partial charge >= 0.3 is 0 Å². The maximum absolute atomic E-state index is 6.15. The summed E-state index contributed by atoms with van der Waals surface area (Å²) in [5.41, 5.74) is 17.5. The number of aliphatic imine (C=N–C) groups is 2. The third-order valence-corrected chi connectivity index (χ3v) is 8.16. The van der Waals surface area contributed by atoms with Crippen LogP contribution >= 0.6 is 0 Å². The van der Waals surface area contributed by atoms with E-state index in [4.69, 9.17) is 20.7 Å². The van der Waals surface area contributed by atoms with Crippen molar-refractivity contribution in [3.05, 3.63) is 150 Å². The number of amidine groups is 1. The van der Waals surface area contributed by atoms with Crippen LogP contribution in [0.1, 0.15) is 23.1 Å². The van der Waals surface area contributed by atoms with Gasteiger partial charge in [-0.1, -0.05) is 84.9 Å². The zero-order chi connectivity index (χ0) is 33.3. The van der Waals surface area contributed by atoms with Gasteiger partial charge in [0.1, 0.15) is 0 Å². The molecule has 6 rings (SSSR count). The Morgan fingerprint density at radius 2 is 1.27 bits per heavy atom. The number of nitrogens with one attached hydrogen (secondary N) is 2. The maximum Gasteiger partial charge on any atom is 0.160 e. The first-order chi connectivity index (χ1) is 23.5. The molecular weight excluding hydrogens is 591 g/mol. The van der Waals surface area contributed by atoms with E-state index in [9.17, 15) is 0 Å². The average molecular weight is 630 g/mol. The zero-order valence-electron chi connectivity index (χ0n) is 27.5. The van der Waals surface area contributed by atoms with E-state index in [0.29, 0.717) is 17.3 Å². The monoisotopic (exact) mass is 629 g/mol. The van der Waals surface area contributed by atoms with Crippen LogP contribution in [0.5, 0.6) is 0 Å². The average Bonchev–Trinajstić information content (AvgIpc) is 3.15. The van der Waals surface area contributed by atoms with Crippen molar-refractivity contribution in [3.8, 4) is 33.9 Å². The van der Waals surface area contributed by atoms with Gasteiger partial charge in [-0.3, -0.25) is 4.99 Å². The molecule has 0 fully saturated rings. The molecule has 0 aliphatic heterocycles. The van der Waals surface area contributed by atoms with E-state index >= 15 is 0 Å². The molecule has 0 saturated carbocycles. The van der Waals surface area contributed by atoms with Gasteiger partial charge in [-0.25, -0.2) is 15.0 Å². The van der Waals surface area contributed by atoms with Crippen molar-refractivity contribution in [3.63, 3.8) is 0 Å². The van der Waals surface area contributed by atoms with Gasteiger partial charge in [-0.2, -0.15) is 0 Å². The molecule has 0 aliphatic rings. The summed E-state index contributed by atoms with van der Waals surface area (Å²) < 4.78 is 0. The molecule has 0 aliphatic carbocycles. The summed E-state index contributed by atoms with van der Waals surface area (Å²) in [7, 11) is 5.65. The van der Waals surface area contributed by atoms with Crippen molar-refractivity contribution >= 4 is 28.6 Å².